The van der Waals surface area contributed by atoms with Gasteiger partial charge in [-0.2, -0.15) is 0 Å². The van der Waals surface area contributed by atoms with Crippen molar-refractivity contribution in [2.75, 3.05) is 5.32 Å². The van der Waals surface area contributed by atoms with Crippen molar-refractivity contribution in [2.45, 2.75) is 45.6 Å². The molecule has 0 aliphatic heterocycles. The molecule has 23 heavy (non-hydrogen) atoms. The summed E-state index contributed by atoms with van der Waals surface area (Å²) >= 11 is 0. The number of nitrogens with zero attached hydrogens (tertiary/aromatic N) is 2. The maximum atomic E-state index is 5.27. The highest BCUT2D eigenvalue weighted by atomic mass is 35.5. The van der Waals surface area contributed by atoms with Crippen LogP contribution in [0.15, 0.2) is 35.1 Å². The summed E-state index contributed by atoms with van der Waals surface area (Å²) in [5.74, 6) is 1.10. The third-order valence-corrected chi connectivity index (χ3v) is 4.54. The number of anilines is 1. The number of fused-ring (bicyclic) bond motifs is 1. The van der Waals surface area contributed by atoms with Gasteiger partial charge in [-0.05, 0) is 50.5 Å². The molecule has 0 aromatic carbocycles. The van der Waals surface area contributed by atoms with Crippen molar-refractivity contribution < 1.29 is 4.42 Å². The summed E-state index contributed by atoms with van der Waals surface area (Å²) in [7, 11) is 0. The second kappa shape index (κ2) is 6.28. The highest BCUT2D eigenvalue weighted by Crippen LogP contribution is 2.33. The predicted octanol–water partition coefficient (Wildman–Crippen LogP) is 4.99. The van der Waals surface area contributed by atoms with Crippen molar-refractivity contribution in [2.24, 2.45) is 0 Å². The van der Waals surface area contributed by atoms with Gasteiger partial charge in [0.1, 0.15) is 17.2 Å². The normalized spacial score (nSPS) is 15.0. The number of rotatable bonds is 3. The third-order valence-electron chi connectivity index (χ3n) is 4.54. The smallest absolute Gasteiger partial charge is 0.139 e. The van der Waals surface area contributed by atoms with Crippen molar-refractivity contribution >= 4 is 23.9 Å². The first-order chi connectivity index (χ1) is 10.7. The van der Waals surface area contributed by atoms with Gasteiger partial charge in [-0.25, -0.2) is 4.98 Å². The lowest BCUT2D eigenvalue weighted by Crippen LogP contribution is -2.17. The zero-order chi connectivity index (χ0) is 15.1. The van der Waals surface area contributed by atoms with E-state index < -0.39 is 0 Å². The maximum absolute atomic E-state index is 5.27. The summed E-state index contributed by atoms with van der Waals surface area (Å²) < 4.78 is 7.50. The maximum Gasteiger partial charge on any atom is 0.139 e. The van der Waals surface area contributed by atoms with Crippen LogP contribution in [0, 0.1) is 13.8 Å². The topological polar surface area (TPSA) is 42.5 Å². The van der Waals surface area contributed by atoms with Gasteiger partial charge in [0.2, 0.25) is 0 Å². The first kappa shape index (κ1) is 15.9. The SMILES string of the molecule is Cc1cc(C)n2c(NC3CCCC3)c(-c3ccoc3)nc2c1.Cl. The van der Waals surface area contributed by atoms with E-state index in [-0.39, 0.29) is 12.4 Å². The number of halogens is 1. The van der Waals surface area contributed by atoms with Crippen LogP contribution in [0.3, 0.4) is 0 Å². The van der Waals surface area contributed by atoms with Crippen LogP contribution in [0.2, 0.25) is 0 Å². The summed E-state index contributed by atoms with van der Waals surface area (Å²) in [4.78, 5) is 4.86. The van der Waals surface area contributed by atoms with E-state index in [4.69, 9.17) is 9.40 Å². The lowest BCUT2D eigenvalue weighted by atomic mass is 10.2. The van der Waals surface area contributed by atoms with Crippen molar-refractivity contribution in [3.63, 3.8) is 0 Å². The molecular formula is C18H22ClN3O. The number of aryl methyl sites for hydroxylation is 2. The van der Waals surface area contributed by atoms with Crippen molar-refractivity contribution in [3.05, 3.63) is 42.0 Å². The Morgan fingerprint density at radius 3 is 2.70 bits per heavy atom. The standard InChI is InChI=1S/C18H21N3O.ClH/c1-12-9-13(2)21-16(10-12)20-17(14-7-8-22-11-14)18(21)19-15-5-3-4-6-15;/h7-11,15,19H,3-6H2,1-2H3;1H. The predicted molar refractivity (Wildman–Crippen MR) is 95.5 cm³/mol. The molecule has 3 aromatic rings. The van der Waals surface area contributed by atoms with Gasteiger partial charge >= 0.3 is 0 Å². The monoisotopic (exact) mass is 331 g/mol. The molecular weight excluding hydrogens is 310 g/mol. The van der Waals surface area contributed by atoms with Crippen LogP contribution >= 0.6 is 12.4 Å². The van der Waals surface area contributed by atoms with E-state index in [0.717, 1.165) is 22.7 Å². The number of nitrogens with one attached hydrogen (secondary N) is 1. The molecule has 3 aromatic heterocycles. The van der Waals surface area contributed by atoms with E-state index in [1.807, 2.05) is 6.07 Å². The molecule has 4 rings (SSSR count). The van der Waals surface area contributed by atoms with Crippen LogP contribution in [-0.2, 0) is 0 Å². The van der Waals surface area contributed by atoms with Gasteiger partial charge in [-0.3, -0.25) is 4.40 Å². The number of hydrogen-bond acceptors (Lipinski definition) is 3. The number of furan rings is 1. The number of aromatic nitrogens is 2. The van der Waals surface area contributed by atoms with Crippen molar-refractivity contribution in [1.29, 1.82) is 0 Å². The van der Waals surface area contributed by atoms with Gasteiger partial charge in [0.15, 0.2) is 0 Å². The average Bonchev–Trinajstić information content (AvgIpc) is 3.19. The molecule has 1 N–H and O–H groups in total. The fraction of sp³-hybridized carbons (Fsp3) is 0.389. The molecule has 5 heteroatoms. The molecule has 0 saturated heterocycles. The van der Waals surface area contributed by atoms with Crippen LogP contribution in [0.25, 0.3) is 16.9 Å². The average molecular weight is 332 g/mol. The van der Waals surface area contributed by atoms with Gasteiger partial charge in [-0.15, -0.1) is 12.4 Å². The Hall–Kier alpha value is -1.94. The van der Waals surface area contributed by atoms with E-state index in [1.54, 1.807) is 12.5 Å². The van der Waals surface area contributed by atoms with Gasteiger partial charge in [0, 0.05) is 17.3 Å². The van der Waals surface area contributed by atoms with E-state index in [2.05, 4.69) is 35.7 Å². The lowest BCUT2D eigenvalue weighted by Gasteiger charge is -2.15. The third kappa shape index (κ3) is 2.83. The Balaban J connectivity index is 0.00000156. The van der Waals surface area contributed by atoms with Crippen LogP contribution in [0.4, 0.5) is 5.82 Å². The highest BCUT2D eigenvalue weighted by Gasteiger charge is 2.21. The Bertz CT molecular complexity index is 801. The first-order valence-electron chi connectivity index (χ1n) is 8.01. The molecule has 0 unspecified atom stereocenters. The van der Waals surface area contributed by atoms with Crippen molar-refractivity contribution in [1.82, 2.24) is 9.38 Å². The quantitative estimate of drug-likeness (QED) is 0.735. The highest BCUT2D eigenvalue weighted by molar-refractivity contribution is 5.85. The Morgan fingerprint density at radius 2 is 2.00 bits per heavy atom. The fourth-order valence-corrected chi connectivity index (χ4v) is 3.53. The molecule has 4 nitrogen and oxygen atoms in total. The summed E-state index contributed by atoms with van der Waals surface area (Å²) in [6.45, 7) is 4.25. The largest absolute Gasteiger partial charge is 0.472 e. The summed E-state index contributed by atoms with van der Waals surface area (Å²) in [5, 5.41) is 3.74. The summed E-state index contributed by atoms with van der Waals surface area (Å²) in [5.41, 5.74) is 5.45. The Labute approximate surface area is 142 Å². The van der Waals surface area contributed by atoms with Crippen LogP contribution in [0.1, 0.15) is 36.9 Å². The van der Waals surface area contributed by atoms with E-state index >= 15 is 0 Å². The molecule has 0 amide bonds. The van der Waals surface area contributed by atoms with E-state index in [1.165, 1.54) is 36.9 Å². The zero-order valence-electron chi connectivity index (χ0n) is 13.5. The lowest BCUT2D eigenvalue weighted by molar-refractivity contribution is 0.568. The molecule has 0 atom stereocenters. The second-order valence-electron chi connectivity index (χ2n) is 6.31. The summed E-state index contributed by atoms with van der Waals surface area (Å²) in [6.07, 6.45) is 8.58. The van der Waals surface area contributed by atoms with Crippen molar-refractivity contribution in [3.8, 4) is 11.3 Å². The van der Waals surface area contributed by atoms with Gasteiger partial charge in [0.25, 0.3) is 0 Å². The Morgan fingerprint density at radius 1 is 1.22 bits per heavy atom. The molecule has 1 saturated carbocycles. The molecule has 0 radical (unpaired) electrons. The summed E-state index contributed by atoms with van der Waals surface area (Å²) in [6, 6.07) is 6.86. The molecule has 122 valence electrons. The minimum absolute atomic E-state index is 0. The Kier molecular flexibility index (Phi) is 4.35. The van der Waals surface area contributed by atoms with Crippen LogP contribution in [0.5, 0.6) is 0 Å². The number of imidazole rings is 1. The molecule has 1 aliphatic rings. The molecule has 1 fully saturated rings. The molecule has 1 aliphatic carbocycles. The van der Waals surface area contributed by atoms with E-state index in [9.17, 15) is 0 Å². The zero-order valence-corrected chi connectivity index (χ0v) is 14.3. The minimum atomic E-state index is 0. The fourth-order valence-electron chi connectivity index (χ4n) is 3.53. The van der Waals surface area contributed by atoms with E-state index in [0.29, 0.717) is 6.04 Å². The number of pyridine rings is 1. The second-order valence-corrected chi connectivity index (χ2v) is 6.31. The molecule has 0 spiro atoms. The van der Waals surface area contributed by atoms with Crippen LogP contribution in [-0.4, -0.2) is 15.4 Å². The minimum Gasteiger partial charge on any atom is -0.472 e. The van der Waals surface area contributed by atoms with Crippen LogP contribution < -0.4 is 5.32 Å². The van der Waals surface area contributed by atoms with Gasteiger partial charge < -0.3 is 9.73 Å². The van der Waals surface area contributed by atoms with Gasteiger partial charge in [0.05, 0.1) is 12.5 Å². The molecule has 0 bridgehead atoms. The first-order valence-corrected chi connectivity index (χ1v) is 8.01. The molecule has 3 heterocycles. The van der Waals surface area contributed by atoms with Gasteiger partial charge in [-0.1, -0.05) is 12.8 Å². The number of hydrogen-bond donors (Lipinski definition) is 1.